The largest absolute Gasteiger partial charge is 0.312 e. The molecule has 0 amide bonds. The molecule has 1 aromatic rings. The number of nitrogens with one attached hydrogen (secondary N) is 2. The maximum absolute atomic E-state index is 12.5. The Kier molecular flexibility index (Phi) is 5.16. The Balaban J connectivity index is 0.00000112. The third-order valence-electron chi connectivity index (χ3n) is 2.63. The average Bonchev–Trinajstić information content (AvgIpc) is 2.48. The summed E-state index contributed by atoms with van der Waals surface area (Å²) in [5, 5.41) is 9.54. The summed E-state index contributed by atoms with van der Waals surface area (Å²) in [4.78, 5) is 0. The minimum atomic E-state index is -2.47. The number of halogens is 4. The van der Waals surface area contributed by atoms with Crippen LogP contribution in [-0.2, 0) is 12.0 Å². The van der Waals surface area contributed by atoms with E-state index >= 15 is 0 Å². The second-order valence-corrected chi connectivity index (χ2v) is 4.25. The molecule has 16 heavy (non-hydrogen) atoms. The topological polar surface area (TPSA) is 40.7 Å². The van der Waals surface area contributed by atoms with E-state index in [4.69, 9.17) is 0 Å². The number of aromatic nitrogens is 2. The molecule has 0 unspecified atom stereocenters. The van der Waals surface area contributed by atoms with Crippen LogP contribution in [0.2, 0.25) is 0 Å². The minimum Gasteiger partial charge on any atom is -0.312 e. The summed E-state index contributed by atoms with van der Waals surface area (Å²) < 4.78 is 25.1. The molecule has 0 radical (unpaired) electrons. The van der Waals surface area contributed by atoms with Gasteiger partial charge in [-0.1, -0.05) is 13.8 Å². The van der Waals surface area contributed by atoms with E-state index in [0.29, 0.717) is 12.1 Å². The van der Waals surface area contributed by atoms with Crippen LogP contribution in [0.15, 0.2) is 0 Å². The normalized spacial score (nSPS) is 17.3. The molecule has 0 fully saturated rings. The fourth-order valence-corrected chi connectivity index (χ4v) is 1.88. The van der Waals surface area contributed by atoms with Crippen LogP contribution in [0.25, 0.3) is 0 Å². The lowest BCUT2D eigenvalue weighted by Gasteiger charge is -2.29. The number of fused-ring (bicyclic) bond motifs is 1. The standard InChI is InChI=1S/C9H13F2N3.2ClH/c1-9(2)4-12-3-5-6(8(10)11)13-14-7(5)9;;/h8,12H,3-4H2,1-2H3,(H,13,14);2*1H. The highest BCUT2D eigenvalue weighted by Crippen LogP contribution is 2.32. The summed E-state index contributed by atoms with van der Waals surface area (Å²) in [6, 6.07) is 0. The van der Waals surface area contributed by atoms with Gasteiger partial charge < -0.3 is 5.32 Å². The average molecular weight is 274 g/mol. The van der Waals surface area contributed by atoms with Crippen molar-refractivity contribution in [3.8, 4) is 0 Å². The summed E-state index contributed by atoms with van der Waals surface area (Å²) in [5.74, 6) is 0. The monoisotopic (exact) mass is 273 g/mol. The molecule has 7 heteroatoms. The first-order chi connectivity index (χ1) is 6.52. The number of nitrogens with zero attached hydrogens (tertiary/aromatic N) is 1. The molecular weight excluding hydrogens is 259 g/mol. The van der Waals surface area contributed by atoms with Crippen molar-refractivity contribution >= 4 is 24.8 Å². The molecule has 2 N–H and O–H groups in total. The van der Waals surface area contributed by atoms with Gasteiger partial charge in [0, 0.05) is 24.1 Å². The predicted molar refractivity (Wildman–Crippen MR) is 62.8 cm³/mol. The molecule has 0 saturated heterocycles. The first-order valence-corrected chi connectivity index (χ1v) is 4.59. The van der Waals surface area contributed by atoms with Crippen molar-refractivity contribution in [1.82, 2.24) is 15.5 Å². The van der Waals surface area contributed by atoms with Crippen molar-refractivity contribution in [2.24, 2.45) is 0 Å². The van der Waals surface area contributed by atoms with Gasteiger partial charge in [-0.3, -0.25) is 5.10 Å². The molecule has 94 valence electrons. The molecular formula is C9H15Cl2F2N3. The number of hydrogen-bond donors (Lipinski definition) is 2. The van der Waals surface area contributed by atoms with Gasteiger partial charge in [0.05, 0.1) is 5.69 Å². The molecule has 0 aromatic carbocycles. The summed E-state index contributed by atoms with van der Waals surface area (Å²) in [6.45, 7) is 5.24. The van der Waals surface area contributed by atoms with E-state index in [1.165, 1.54) is 0 Å². The van der Waals surface area contributed by atoms with E-state index in [9.17, 15) is 8.78 Å². The van der Waals surface area contributed by atoms with Crippen molar-refractivity contribution < 1.29 is 8.78 Å². The molecule has 0 spiro atoms. The smallest absolute Gasteiger partial charge is 0.280 e. The van der Waals surface area contributed by atoms with Crippen LogP contribution in [-0.4, -0.2) is 16.7 Å². The van der Waals surface area contributed by atoms with Gasteiger partial charge in [0.1, 0.15) is 5.69 Å². The van der Waals surface area contributed by atoms with Gasteiger partial charge in [0.25, 0.3) is 6.43 Å². The van der Waals surface area contributed by atoms with E-state index in [0.717, 1.165) is 12.2 Å². The van der Waals surface area contributed by atoms with Crippen LogP contribution in [0, 0.1) is 0 Å². The van der Waals surface area contributed by atoms with Crippen molar-refractivity contribution in [2.45, 2.75) is 32.2 Å². The molecule has 0 bridgehead atoms. The maximum atomic E-state index is 12.5. The number of aromatic amines is 1. The van der Waals surface area contributed by atoms with Gasteiger partial charge in [-0.2, -0.15) is 5.10 Å². The van der Waals surface area contributed by atoms with Crippen LogP contribution in [0.4, 0.5) is 8.78 Å². The van der Waals surface area contributed by atoms with Gasteiger partial charge in [-0.05, 0) is 0 Å². The highest BCUT2D eigenvalue weighted by atomic mass is 35.5. The lowest BCUT2D eigenvalue weighted by molar-refractivity contribution is 0.144. The van der Waals surface area contributed by atoms with E-state index in [2.05, 4.69) is 15.5 Å². The summed E-state index contributed by atoms with van der Waals surface area (Å²) in [6.07, 6.45) is -2.47. The van der Waals surface area contributed by atoms with Gasteiger partial charge in [-0.15, -0.1) is 24.8 Å². The zero-order valence-corrected chi connectivity index (χ0v) is 10.6. The Hall–Kier alpha value is -0.390. The van der Waals surface area contributed by atoms with Crippen molar-refractivity contribution in [3.05, 3.63) is 17.0 Å². The van der Waals surface area contributed by atoms with E-state index in [-0.39, 0.29) is 35.9 Å². The molecule has 0 aliphatic carbocycles. The molecule has 0 atom stereocenters. The Morgan fingerprint density at radius 3 is 2.50 bits per heavy atom. The van der Waals surface area contributed by atoms with Crippen molar-refractivity contribution in [2.75, 3.05) is 6.54 Å². The second-order valence-electron chi connectivity index (χ2n) is 4.25. The fraction of sp³-hybridized carbons (Fsp3) is 0.667. The van der Waals surface area contributed by atoms with Gasteiger partial charge in [0.15, 0.2) is 0 Å². The summed E-state index contributed by atoms with van der Waals surface area (Å²) in [7, 11) is 0. The Morgan fingerprint density at radius 1 is 1.31 bits per heavy atom. The van der Waals surface area contributed by atoms with Crippen LogP contribution in [0.1, 0.15) is 37.2 Å². The molecule has 2 rings (SSSR count). The number of hydrogen-bond acceptors (Lipinski definition) is 2. The Bertz CT molecular complexity index is 353. The van der Waals surface area contributed by atoms with Crippen LogP contribution >= 0.6 is 24.8 Å². The molecule has 2 heterocycles. The second kappa shape index (κ2) is 5.29. The van der Waals surface area contributed by atoms with E-state index in [1.807, 2.05) is 13.8 Å². The molecule has 1 aromatic heterocycles. The van der Waals surface area contributed by atoms with Crippen LogP contribution in [0.5, 0.6) is 0 Å². The Morgan fingerprint density at radius 2 is 1.94 bits per heavy atom. The summed E-state index contributed by atoms with van der Waals surface area (Å²) in [5.41, 5.74) is 1.19. The third-order valence-corrected chi connectivity index (χ3v) is 2.63. The number of H-pyrrole nitrogens is 1. The fourth-order valence-electron chi connectivity index (χ4n) is 1.88. The predicted octanol–water partition coefficient (Wildman–Crippen LogP) is 2.57. The Labute approximate surface area is 105 Å². The van der Waals surface area contributed by atoms with E-state index in [1.54, 1.807) is 0 Å². The summed E-state index contributed by atoms with van der Waals surface area (Å²) >= 11 is 0. The van der Waals surface area contributed by atoms with Crippen molar-refractivity contribution in [3.63, 3.8) is 0 Å². The zero-order valence-electron chi connectivity index (χ0n) is 9.01. The van der Waals surface area contributed by atoms with Gasteiger partial charge in [0.2, 0.25) is 0 Å². The SMILES string of the molecule is CC1(C)CNCc2c1n[nH]c2C(F)F.Cl.Cl. The zero-order chi connectivity index (χ0) is 10.3. The highest BCUT2D eigenvalue weighted by molar-refractivity contribution is 5.85. The first kappa shape index (κ1) is 15.6. The lowest BCUT2D eigenvalue weighted by atomic mass is 9.83. The maximum Gasteiger partial charge on any atom is 0.280 e. The van der Waals surface area contributed by atoms with Crippen LogP contribution < -0.4 is 5.32 Å². The third kappa shape index (κ3) is 2.47. The lowest BCUT2D eigenvalue weighted by Crippen LogP contribution is -2.38. The van der Waals surface area contributed by atoms with Crippen LogP contribution in [0.3, 0.4) is 0 Å². The molecule has 3 nitrogen and oxygen atoms in total. The quantitative estimate of drug-likeness (QED) is 0.826. The van der Waals surface area contributed by atoms with Gasteiger partial charge >= 0.3 is 0 Å². The number of rotatable bonds is 1. The first-order valence-electron chi connectivity index (χ1n) is 4.59. The van der Waals surface area contributed by atoms with Gasteiger partial charge in [-0.25, -0.2) is 8.78 Å². The minimum absolute atomic E-state index is 0. The molecule has 1 aliphatic heterocycles. The van der Waals surface area contributed by atoms with E-state index < -0.39 is 6.43 Å². The molecule has 1 aliphatic rings. The van der Waals surface area contributed by atoms with Crippen molar-refractivity contribution in [1.29, 1.82) is 0 Å². The molecule has 0 saturated carbocycles. The highest BCUT2D eigenvalue weighted by Gasteiger charge is 2.33. The number of alkyl halides is 2.